The largest absolute Gasteiger partial charge is 0.497 e. The first kappa shape index (κ1) is 17.2. The van der Waals surface area contributed by atoms with E-state index in [0.29, 0.717) is 6.61 Å². The Balaban J connectivity index is 2.03. The van der Waals surface area contributed by atoms with Crippen LogP contribution < -0.4 is 14.8 Å². The third kappa shape index (κ3) is 4.65. The lowest BCUT2D eigenvalue weighted by Gasteiger charge is -2.13. The molecule has 0 saturated carbocycles. The molecule has 2 aromatic rings. The number of hydrogen-bond donors (Lipinski definition) is 1. The monoisotopic (exact) mass is 427 g/mol. The molecular formula is C17H19Br2NO2. The van der Waals surface area contributed by atoms with E-state index in [1.165, 1.54) is 5.56 Å². The van der Waals surface area contributed by atoms with Crippen LogP contribution in [0.15, 0.2) is 45.3 Å². The summed E-state index contributed by atoms with van der Waals surface area (Å²) < 4.78 is 12.8. The summed E-state index contributed by atoms with van der Waals surface area (Å²) in [6, 6.07) is 12.0. The first-order valence-electron chi connectivity index (χ1n) is 7.12. The van der Waals surface area contributed by atoms with Crippen LogP contribution in [0, 0.1) is 0 Å². The standard InChI is InChI=1S/C17H19Br2NO2/c1-3-8-22-17-15(18)9-12(10-16(17)19)11-20-13-4-6-14(21-2)7-5-13/h4-7,9-10,20H,3,8,11H2,1-2H3. The molecule has 0 aliphatic rings. The number of nitrogens with one attached hydrogen (secondary N) is 1. The van der Waals surface area contributed by atoms with E-state index < -0.39 is 0 Å². The van der Waals surface area contributed by atoms with Gasteiger partial charge in [0, 0.05) is 12.2 Å². The van der Waals surface area contributed by atoms with Crippen LogP contribution in [0.2, 0.25) is 0 Å². The SMILES string of the molecule is CCCOc1c(Br)cc(CNc2ccc(OC)cc2)cc1Br. The van der Waals surface area contributed by atoms with Crippen LogP contribution in [0.4, 0.5) is 5.69 Å². The second kappa shape index (κ2) is 8.44. The van der Waals surface area contributed by atoms with Gasteiger partial charge in [-0.1, -0.05) is 6.92 Å². The van der Waals surface area contributed by atoms with Crippen molar-refractivity contribution < 1.29 is 9.47 Å². The maximum absolute atomic E-state index is 5.73. The van der Waals surface area contributed by atoms with Crippen molar-refractivity contribution in [3.8, 4) is 11.5 Å². The number of hydrogen-bond acceptors (Lipinski definition) is 3. The first-order valence-corrected chi connectivity index (χ1v) is 8.71. The Morgan fingerprint density at radius 3 is 2.23 bits per heavy atom. The minimum atomic E-state index is 0.709. The van der Waals surface area contributed by atoms with E-state index in [0.717, 1.165) is 39.1 Å². The molecule has 0 fully saturated rings. The van der Waals surface area contributed by atoms with Gasteiger partial charge >= 0.3 is 0 Å². The highest BCUT2D eigenvalue weighted by atomic mass is 79.9. The van der Waals surface area contributed by atoms with Crippen LogP contribution in [0.5, 0.6) is 11.5 Å². The van der Waals surface area contributed by atoms with Crippen molar-refractivity contribution in [1.29, 1.82) is 0 Å². The third-order valence-corrected chi connectivity index (χ3v) is 4.27. The highest BCUT2D eigenvalue weighted by Gasteiger charge is 2.09. The lowest BCUT2D eigenvalue weighted by atomic mass is 10.2. The molecule has 3 nitrogen and oxygen atoms in total. The lowest BCUT2D eigenvalue weighted by Crippen LogP contribution is -2.01. The number of methoxy groups -OCH3 is 1. The summed E-state index contributed by atoms with van der Waals surface area (Å²) in [5.74, 6) is 1.71. The van der Waals surface area contributed by atoms with Crippen LogP contribution in [-0.4, -0.2) is 13.7 Å². The number of halogens is 2. The summed E-state index contributed by atoms with van der Waals surface area (Å²) in [7, 11) is 1.67. The van der Waals surface area contributed by atoms with Crippen LogP contribution in [-0.2, 0) is 6.54 Å². The molecule has 0 amide bonds. The fourth-order valence-corrected chi connectivity index (χ4v) is 3.48. The Morgan fingerprint density at radius 2 is 1.68 bits per heavy atom. The maximum Gasteiger partial charge on any atom is 0.147 e. The zero-order valence-corrected chi connectivity index (χ0v) is 15.8. The molecule has 0 spiro atoms. The summed E-state index contributed by atoms with van der Waals surface area (Å²) >= 11 is 7.15. The van der Waals surface area contributed by atoms with Gasteiger partial charge in [0.15, 0.2) is 0 Å². The first-order chi connectivity index (χ1) is 10.6. The normalized spacial score (nSPS) is 10.4. The zero-order valence-electron chi connectivity index (χ0n) is 12.7. The summed E-state index contributed by atoms with van der Waals surface area (Å²) in [4.78, 5) is 0. The van der Waals surface area contributed by atoms with Gasteiger partial charge in [-0.3, -0.25) is 0 Å². The van der Waals surface area contributed by atoms with Crippen LogP contribution in [0.25, 0.3) is 0 Å². The molecule has 2 rings (SSSR count). The van der Waals surface area contributed by atoms with Gasteiger partial charge in [-0.25, -0.2) is 0 Å². The van der Waals surface area contributed by atoms with Crippen molar-refractivity contribution in [3.63, 3.8) is 0 Å². The molecule has 0 aliphatic heterocycles. The molecule has 5 heteroatoms. The maximum atomic E-state index is 5.73. The molecule has 0 saturated heterocycles. The molecule has 118 valence electrons. The quantitative estimate of drug-likeness (QED) is 0.620. The van der Waals surface area contributed by atoms with Gasteiger partial charge in [0.25, 0.3) is 0 Å². The minimum Gasteiger partial charge on any atom is -0.497 e. The van der Waals surface area contributed by atoms with Gasteiger partial charge in [0.1, 0.15) is 11.5 Å². The van der Waals surface area contributed by atoms with E-state index in [-0.39, 0.29) is 0 Å². The molecule has 2 aromatic carbocycles. The second-order valence-electron chi connectivity index (χ2n) is 4.82. The van der Waals surface area contributed by atoms with Gasteiger partial charge in [-0.15, -0.1) is 0 Å². The molecule has 0 bridgehead atoms. The van der Waals surface area contributed by atoms with Gasteiger partial charge in [-0.05, 0) is 80.2 Å². The van der Waals surface area contributed by atoms with Crippen molar-refractivity contribution in [2.24, 2.45) is 0 Å². The Hall–Kier alpha value is -1.20. The van der Waals surface area contributed by atoms with Gasteiger partial charge in [0.05, 0.1) is 22.7 Å². The predicted octanol–water partition coefficient (Wildman–Crippen LogP) is 5.62. The molecule has 0 unspecified atom stereocenters. The van der Waals surface area contributed by atoms with Crippen molar-refractivity contribution in [1.82, 2.24) is 0 Å². The molecule has 0 atom stereocenters. The predicted molar refractivity (Wildman–Crippen MR) is 97.9 cm³/mol. The van der Waals surface area contributed by atoms with Gasteiger partial charge in [0.2, 0.25) is 0 Å². The van der Waals surface area contributed by atoms with Gasteiger partial charge in [-0.2, -0.15) is 0 Å². The third-order valence-electron chi connectivity index (χ3n) is 3.10. The average molecular weight is 429 g/mol. The fraction of sp³-hybridized carbons (Fsp3) is 0.294. The topological polar surface area (TPSA) is 30.5 Å². The lowest BCUT2D eigenvalue weighted by molar-refractivity contribution is 0.313. The molecule has 22 heavy (non-hydrogen) atoms. The van der Waals surface area contributed by atoms with E-state index in [4.69, 9.17) is 9.47 Å². The highest BCUT2D eigenvalue weighted by Crippen LogP contribution is 2.35. The van der Waals surface area contributed by atoms with Gasteiger partial charge < -0.3 is 14.8 Å². The fourth-order valence-electron chi connectivity index (χ4n) is 1.97. The van der Waals surface area contributed by atoms with E-state index in [2.05, 4.69) is 56.2 Å². The molecule has 0 heterocycles. The molecule has 0 radical (unpaired) electrons. The Kier molecular flexibility index (Phi) is 6.58. The minimum absolute atomic E-state index is 0.709. The van der Waals surface area contributed by atoms with E-state index in [1.807, 2.05) is 24.3 Å². The van der Waals surface area contributed by atoms with Crippen LogP contribution in [0.1, 0.15) is 18.9 Å². The van der Waals surface area contributed by atoms with E-state index in [1.54, 1.807) is 7.11 Å². The van der Waals surface area contributed by atoms with Crippen LogP contribution >= 0.6 is 31.9 Å². The van der Waals surface area contributed by atoms with Crippen molar-refractivity contribution in [2.45, 2.75) is 19.9 Å². The number of rotatable bonds is 7. The number of anilines is 1. The molecule has 1 N–H and O–H groups in total. The Labute approximate surface area is 148 Å². The molecule has 0 aliphatic carbocycles. The van der Waals surface area contributed by atoms with Crippen molar-refractivity contribution >= 4 is 37.5 Å². The summed E-state index contributed by atoms with van der Waals surface area (Å²) in [6.45, 7) is 3.53. The highest BCUT2D eigenvalue weighted by molar-refractivity contribution is 9.11. The van der Waals surface area contributed by atoms with Crippen LogP contribution in [0.3, 0.4) is 0 Å². The summed E-state index contributed by atoms with van der Waals surface area (Å²) in [6.07, 6.45) is 0.986. The van der Waals surface area contributed by atoms with E-state index >= 15 is 0 Å². The second-order valence-corrected chi connectivity index (χ2v) is 6.53. The summed E-state index contributed by atoms with van der Waals surface area (Å²) in [5.41, 5.74) is 2.22. The zero-order chi connectivity index (χ0) is 15.9. The van der Waals surface area contributed by atoms with Crippen molar-refractivity contribution in [2.75, 3.05) is 19.0 Å². The number of ether oxygens (including phenoxy) is 2. The Morgan fingerprint density at radius 1 is 1.05 bits per heavy atom. The molecule has 0 aromatic heterocycles. The Bertz CT molecular complexity index is 592. The number of benzene rings is 2. The average Bonchev–Trinajstić information content (AvgIpc) is 2.52. The summed E-state index contributed by atoms with van der Waals surface area (Å²) in [5, 5.41) is 3.39. The van der Waals surface area contributed by atoms with E-state index in [9.17, 15) is 0 Å². The molecular weight excluding hydrogens is 410 g/mol. The smallest absolute Gasteiger partial charge is 0.147 e. The van der Waals surface area contributed by atoms with Crippen molar-refractivity contribution in [3.05, 3.63) is 50.9 Å².